The van der Waals surface area contributed by atoms with Crippen molar-refractivity contribution in [3.63, 3.8) is 0 Å². The Balaban J connectivity index is 2.20. The van der Waals surface area contributed by atoms with E-state index < -0.39 is 5.97 Å². The summed E-state index contributed by atoms with van der Waals surface area (Å²) in [5.41, 5.74) is 0.484. The van der Waals surface area contributed by atoms with E-state index in [4.69, 9.17) is 16.7 Å². The van der Waals surface area contributed by atoms with Crippen LogP contribution in [0.2, 0.25) is 5.15 Å². The fourth-order valence-electron chi connectivity index (χ4n) is 1.69. The number of carbonyl (C=O) groups is 2. The molecule has 18 heavy (non-hydrogen) atoms. The van der Waals surface area contributed by atoms with Crippen molar-refractivity contribution in [3.8, 4) is 0 Å². The fraction of sp³-hybridized carbons (Fsp3) is 0.417. The lowest BCUT2D eigenvalue weighted by atomic mass is 10.2. The highest BCUT2D eigenvalue weighted by Crippen LogP contribution is 2.34. The van der Waals surface area contributed by atoms with Crippen molar-refractivity contribution in [3.05, 3.63) is 23.5 Å². The summed E-state index contributed by atoms with van der Waals surface area (Å²) in [6.45, 7) is 0.121. The van der Waals surface area contributed by atoms with Crippen molar-refractivity contribution in [1.29, 1.82) is 0 Å². The van der Waals surface area contributed by atoms with Gasteiger partial charge < -0.3 is 10.0 Å². The average Bonchev–Trinajstić information content (AvgIpc) is 3.14. The van der Waals surface area contributed by atoms with Crippen molar-refractivity contribution < 1.29 is 14.7 Å². The third-order valence-electron chi connectivity index (χ3n) is 2.77. The number of carboxylic acids is 1. The minimum absolute atomic E-state index is 0.00932. The molecule has 0 spiro atoms. The molecule has 1 aromatic heterocycles. The normalized spacial score (nSPS) is 14.3. The second kappa shape index (κ2) is 5.35. The second-order valence-corrected chi connectivity index (χ2v) is 4.58. The Labute approximate surface area is 109 Å². The molecule has 1 aliphatic carbocycles. The van der Waals surface area contributed by atoms with E-state index in [1.165, 1.54) is 11.1 Å². The van der Waals surface area contributed by atoms with E-state index in [0.717, 1.165) is 12.8 Å². The first kappa shape index (κ1) is 12.8. The third-order valence-corrected chi connectivity index (χ3v) is 3.06. The van der Waals surface area contributed by atoms with E-state index in [2.05, 4.69) is 4.98 Å². The number of anilines is 1. The first-order chi connectivity index (χ1) is 8.59. The second-order valence-electron chi connectivity index (χ2n) is 4.22. The third kappa shape index (κ3) is 2.98. The zero-order valence-electron chi connectivity index (χ0n) is 9.67. The number of aromatic nitrogens is 1. The maximum Gasteiger partial charge on any atom is 0.305 e. The van der Waals surface area contributed by atoms with Gasteiger partial charge in [0.05, 0.1) is 12.1 Å². The molecule has 1 aliphatic rings. The van der Waals surface area contributed by atoms with Gasteiger partial charge in [0.2, 0.25) is 5.91 Å². The van der Waals surface area contributed by atoms with Crippen LogP contribution in [-0.2, 0) is 9.59 Å². The molecule has 1 heterocycles. The van der Waals surface area contributed by atoms with Crippen molar-refractivity contribution in [2.75, 3.05) is 11.4 Å². The van der Waals surface area contributed by atoms with Gasteiger partial charge in [-0.05, 0) is 25.0 Å². The predicted molar refractivity (Wildman–Crippen MR) is 66.6 cm³/mol. The van der Waals surface area contributed by atoms with Crippen molar-refractivity contribution in [2.45, 2.75) is 19.3 Å². The van der Waals surface area contributed by atoms with Gasteiger partial charge >= 0.3 is 5.97 Å². The maximum atomic E-state index is 12.1. The van der Waals surface area contributed by atoms with Crippen LogP contribution in [0.4, 0.5) is 5.69 Å². The lowest BCUT2D eigenvalue weighted by Crippen LogP contribution is -2.34. The predicted octanol–water partition coefficient (Wildman–Crippen LogP) is 1.95. The Hall–Kier alpha value is -1.62. The van der Waals surface area contributed by atoms with Crippen LogP contribution in [0.3, 0.4) is 0 Å². The molecule has 96 valence electrons. The topological polar surface area (TPSA) is 70.5 Å². The molecule has 2 rings (SSSR count). The number of pyridine rings is 1. The molecule has 0 radical (unpaired) electrons. The summed E-state index contributed by atoms with van der Waals surface area (Å²) in [6, 6.07) is 3.35. The Bertz CT molecular complexity index is 474. The number of hydrogen-bond acceptors (Lipinski definition) is 3. The molecule has 0 aliphatic heterocycles. The number of carbonyl (C=O) groups excluding carboxylic acids is 1. The highest BCUT2D eigenvalue weighted by Gasteiger charge is 2.34. The van der Waals surface area contributed by atoms with Crippen molar-refractivity contribution in [2.24, 2.45) is 5.92 Å². The minimum Gasteiger partial charge on any atom is -0.481 e. The van der Waals surface area contributed by atoms with Gasteiger partial charge in [0.25, 0.3) is 0 Å². The molecule has 0 unspecified atom stereocenters. The molecule has 1 aromatic rings. The van der Waals surface area contributed by atoms with Crippen LogP contribution in [0.1, 0.15) is 19.3 Å². The van der Waals surface area contributed by atoms with Crippen LogP contribution >= 0.6 is 11.6 Å². The molecule has 1 saturated carbocycles. The lowest BCUT2D eigenvalue weighted by Gasteiger charge is -2.22. The fourth-order valence-corrected chi connectivity index (χ4v) is 1.91. The Morgan fingerprint density at radius 2 is 2.22 bits per heavy atom. The summed E-state index contributed by atoms with van der Waals surface area (Å²) in [5, 5.41) is 8.95. The van der Waals surface area contributed by atoms with Crippen LogP contribution < -0.4 is 4.90 Å². The van der Waals surface area contributed by atoms with Gasteiger partial charge in [0, 0.05) is 18.7 Å². The van der Waals surface area contributed by atoms with Gasteiger partial charge in [-0.1, -0.05) is 11.6 Å². The summed E-state index contributed by atoms with van der Waals surface area (Å²) in [5.74, 6) is -0.996. The van der Waals surface area contributed by atoms with Crippen molar-refractivity contribution >= 4 is 29.2 Å². The first-order valence-corrected chi connectivity index (χ1v) is 6.11. The molecular formula is C12H13ClN2O3. The average molecular weight is 269 g/mol. The molecule has 6 heteroatoms. The Kier molecular flexibility index (Phi) is 3.81. The number of rotatable bonds is 5. The molecular weight excluding hydrogens is 256 g/mol. The van der Waals surface area contributed by atoms with E-state index in [-0.39, 0.29) is 29.9 Å². The zero-order valence-corrected chi connectivity index (χ0v) is 10.4. The Morgan fingerprint density at radius 3 is 2.78 bits per heavy atom. The van der Waals surface area contributed by atoms with Gasteiger partial charge in [-0.15, -0.1) is 0 Å². The molecule has 5 nitrogen and oxygen atoms in total. The molecule has 0 bridgehead atoms. The summed E-state index contributed by atoms with van der Waals surface area (Å²) in [4.78, 5) is 28.1. The van der Waals surface area contributed by atoms with E-state index >= 15 is 0 Å². The monoisotopic (exact) mass is 268 g/mol. The van der Waals surface area contributed by atoms with Crippen LogP contribution in [0.15, 0.2) is 18.3 Å². The molecule has 1 fully saturated rings. The maximum absolute atomic E-state index is 12.1. The zero-order chi connectivity index (χ0) is 13.1. The number of halogens is 1. The highest BCUT2D eigenvalue weighted by atomic mass is 35.5. The van der Waals surface area contributed by atoms with Gasteiger partial charge in [0.15, 0.2) is 5.15 Å². The van der Waals surface area contributed by atoms with E-state index in [0.29, 0.717) is 5.69 Å². The standard InChI is InChI=1S/C12H13ClN2O3/c13-11-9(2-1-6-14-11)15(7-5-10(16)17)12(18)8-3-4-8/h1-2,6,8H,3-5,7H2,(H,16,17). The van der Waals surface area contributed by atoms with Crippen molar-refractivity contribution in [1.82, 2.24) is 4.98 Å². The summed E-state index contributed by atoms with van der Waals surface area (Å²) >= 11 is 5.95. The van der Waals surface area contributed by atoms with Gasteiger partial charge in [-0.3, -0.25) is 9.59 Å². The van der Waals surface area contributed by atoms with Crippen LogP contribution in [0.25, 0.3) is 0 Å². The number of hydrogen-bond donors (Lipinski definition) is 1. The number of carboxylic acid groups (broad SMARTS) is 1. The van der Waals surface area contributed by atoms with E-state index in [1.807, 2.05) is 0 Å². The summed E-state index contributed by atoms with van der Waals surface area (Å²) in [7, 11) is 0. The van der Waals surface area contributed by atoms with Gasteiger partial charge in [0.1, 0.15) is 0 Å². The van der Waals surface area contributed by atoms with Crippen LogP contribution in [-0.4, -0.2) is 28.5 Å². The SMILES string of the molecule is O=C(O)CCN(C(=O)C1CC1)c1cccnc1Cl. The number of aliphatic carboxylic acids is 1. The number of nitrogens with zero attached hydrogens (tertiary/aromatic N) is 2. The smallest absolute Gasteiger partial charge is 0.305 e. The van der Waals surface area contributed by atoms with E-state index in [1.54, 1.807) is 12.1 Å². The highest BCUT2D eigenvalue weighted by molar-refractivity contribution is 6.32. The molecule has 0 atom stereocenters. The van der Waals surface area contributed by atoms with Gasteiger partial charge in [-0.25, -0.2) is 4.98 Å². The Morgan fingerprint density at radius 1 is 1.50 bits per heavy atom. The minimum atomic E-state index is -0.941. The molecule has 0 aromatic carbocycles. The molecule has 1 N–H and O–H groups in total. The lowest BCUT2D eigenvalue weighted by molar-refractivity contribution is -0.136. The summed E-state index contributed by atoms with van der Waals surface area (Å²) < 4.78 is 0. The molecule has 1 amide bonds. The van der Waals surface area contributed by atoms with Crippen LogP contribution in [0.5, 0.6) is 0 Å². The van der Waals surface area contributed by atoms with Crippen LogP contribution in [0, 0.1) is 5.92 Å². The summed E-state index contributed by atoms with van der Waals surface area (Å²) in [6.07, 6.45) is 3.15. The number of amides is 1. The molecule has 0 saturated heterocycles. The quantitative estimate of drug-likeness (QED) is 0.829. The van der Waals surface area contributed by atoms with E-state index in [9.17, 15) is 9.59 Å². The first-order valence-electron chi connectivity index (χ1n) is 5.73. The van der Waals surface area contributed by atoms with Gasteiger partial charge in [-0.2, -0.15) is 0 Å². The largest absolute Gasteiger partial charge is 0.481 e.